The highest BCUT2D eigenvalue weighted by Gasteiger charge is 2.19. The van der Waals surface area contributed by atoms with Gasteiger partial charge in [0.05, 0.1) is 11.7 Å². The van der Waals surface area contributed by atoms with Crippen LogP contribution in [-0.2, 0) is 9.59 Å². The molecule has 0 aromatic heterocycles. The first-order valence-corrected chi connectivity index (χ1v) is 7.17. The molecule has 0 radical (unpaired) electrons. The quantitative estimate of drug-likeness (QED) is 0.820. The minimum absolute atomic E-state index is 0.182. The van der Waals surface area contributed by atoms with Gasteiger partial charge >= 0.3 is 5.97 Å². The van der Waals surface area contributed by atoms with Crippen molar-refractivity contribution in [2.45, 2.75) is 51.0 Å². The van der Waals surface area contributed by atoms with Crippen LogP contribution in [0.2, 0.25) is 0 Å². The van der Waals surface area contributed by atoms with Gasteiger partial charge in [-0.2, -0.15) is 0 Å². The van der Waals surface area contributed by atoms with E-state index in [-0.39, 0.29) is 6.10 Å². The van der Waals surface area contributed by atoms with Gasteiger partial charge in [-0.05, 0) is 61.8 Å². The lowest BCUT2D eigenvalue weighted by Crippen LogP contribution is -2.05. The molecule has 122 valence electrons. The molecule has 5 heteroatoms. The van der Waals surface area contributed by atoms with Gasteiger partial charge in [0.2, 0.25) is 0 Å². The first-order chi connectivity index (χ1) is 10.6. The second-order valence-corrected chi connectivity index (χ2v) is 5.30. The van der Waals surface area contributed by atoms with Gasteiger partial charge in [0, 0.05) is 0 Å². The molecule has 0 amide bonds. The van der Waals surface area contributed by atoms with Crippen molar-refractivity contribution in [2.24, 2.45) is 0 Å². The van der Waals surface area contributed by atoms with Gasteiger partial charge in [-0.3, -0.25) is 0 Å². The largest absolute Gasteiger partial charge is 0.478 e. The Morgan fingerprint density at radius 2 is 1.68 bits per heavy atom. The number of aliphatic hydroxyl groups excluding tert-OH is 1. The number of aromatic carboxylic acids is 1. The number of benzene rings is 1. The lowest BCUT2D eigenvalue weighted by molar-refractivity contribution is -0.0987. The molecule has 2 N–H and O–H groups in total. The van der Waals surface area contributed by atoms with Crippen molar-refractivity contribution in [3.8, 4) is 0 Å². The smallest absolute Gasteiger partial charge is 0.335 e. The molecule has 0 heterocycles. The predicted octanol–water partition coefficient (Wildman–Crippen LogP) is 2.73. The fourth-order valence-electron chi connectivity index (χ4n) is 2.79. The Bertz CT molecular complexity index is 470. The summed E-state index contributed by atoms with van der Waals surface area (Å²) in [4.78, 5) is 27.1. The first kappa shape index (κ1) is 20.0. The Hall–Kier alpha value is -2.01. The molecule has 22 heavy (non-hydrogen) atoms. The Labute approximate surface area is 131 Å². The van der Waals surface area contributed by atoms with E-state index in [2.05, 4.69) is 6.07 Å². The molecule has 1 aliphatic rings. The fraction of sp³-hybridized carbons (Fsp3) is 0.471. The first-order valence-electron chi connectivity index (χ1n) is 7.17. The molecule has 5 nitrogen and oxygen atoms in total. The Morgan fingerprint density at radius 1 is 1.05 bits per heavy atom. The second-order valence-electron chi connectivity index (χ2n) is 5.30. The second kappa shape index (κ2) is 10.7. The molecule has 0 bridgehead atoms. The standard InChI is InChI=1S/C15H20O3.2CH2O/c1-10-7-12(9-13(8-10)15(17)18)11-3-2-4-14(16)6-5-11;2*1-2/h7-9,11,14,16H,2-6H2,1H3,(H,17,18);2*1H2. The SMILES string of the molecule is C=O.C=O.Cc1cc(C(=O)O)cc(C2CCCC(O)CC2)c1. The summed E-state index contributed by atoms with van der Waals surface area (Å²) in [6.07, 6.45) is 4.51. The molecule has 1 aromatic carbocycles. The van der Waals surface area contributed by atoms with E-state index < -0.39 is 5.97 Å². The van der Waals surface area contributed by atoms with Crippen LogP contribution in [0.3, 0.4) is 0 Å². The zero-order chi connectivity index (χ0) is 17.1. The highest BCUT2D eigenvalue weighted by atomic mass is 16.4. The highest BCUT2D eigenvalue weighted by Crippen LogP contribution is 2.32. The van der Waals surface area contributed by atoms with Crippen molar-refractivity contribution in [1.29, 1.82) is 0 Å². The van der Waals surface area contributed by atoms with Crippen LogP contribution in [0.1, 0.15) is 59.5 Å². The summed E-state index contributed by atoms with van der Waals surface area (Å²) in [5.41, 5.74) is 2.48. The third kappa shape index (κ3) is 6.18. The van der Waals surface area contributed by atoms with E-state index in [1.807, 2.05) is 20.5 Å². The number of carbonyl (C=O) groups excluding carboxylic acids is 2. The van der Waals surface area contributed by atoms with Crippen molar-refractivity contribution >= 4 is 19.5 Å². The number of aryl methyl sites for hydroxylation is 1. The van der Waals surface area contributed by atoms with Crippen molar-refractivity contribution in [3.63, 3.8) is 0 Å². The molecule has 1 aromatic rings. The van der Waals surface area contributed by atoms with Gasteiger partial charge < -0.3 is 19.8 Å². The van der Waals surface area contributed by atoms with E-state index in [1.165, 1.54) is 0 Å². The maximum Gasteiger partial charge on any atom is 0.335 e. The fourth-order valence-corrected chi connectivity index (χ4v) is 2.79. The molecule has 2 unspecified atom stereocenters. The van der Waals surface area contributed by atoms with Crippen LogP contribution >= 0.6 is 0 Å². The molecule has 1 saturated carbocycles. The Morgan fingerprint density at radius 3 is 2.27 bits per heavy atom. The molecule has 0 aliphatic heterocycles. The van der Waals surface area contributed by atoms with Crippen LogP contribution in [0, 0.1) is 6.92 Å². The summed E-state index contributed by atoms with van der Waals surface area (Å²) >= 11 is 0. The zero-order valence-corrected chi connectivity index (χ0v) is 13.0. The van der Waals surface area contributed by atoms with Crippen LogP contribution in [0.25, 0.3) is 0 Å². The number of hydrogen-bond donors (Lipinski definition) is 2. The highest BCUT2D eigenvalue weighted by molar-refractivity contribution is 5.88. The van der Waals surface area contributed by atoms with E-state index in [9.17, 15) is 9.90 Å². The average molecular weight is 308 g/mol. The topological polar surface area (TPSA) is 91.7 Å². The van der Waals surface area contributed by atoms with Crippen molar-refractivity contribution in [1.82, 2.24) is 0 Å². The monoisotopic (exact) mass is 308 g/mol. The maximum atomic E-state index is 11.1. The van der Waals surface area contributed by atoms with Gasteiger partial charge in [0.1, 0.15) is 13.6 Å². The van der Waals surface area contributed by atoms with E-state index in [1.54, 1.807) is 12.1 Å². The number of hydrogen-bond acceptors (Lipinski definition) is 4. The van der Waals surface area contributed by atoms with E-state index in [4.69, 9.17) is 14.7 Å². The van der Waals surface area contributed by atoms with Crippen molar-refractivity contribution in [2.75, 3.05) is 0 Å². The van der Waals surface area contributed by atoms with E-state index in [0.717, 1.165) is 43.2 Å². The van der Waals surface area contributed by atoms with E-state index in [0.29, 0.717) is 11.5 Å². The van der Waals surface area contributed by atoms with Gasteiger partial charge in [0.15, 0.2) is 0 Å². The molecule has 1 aliphatic carbocycles. The van der Waals surface area contributed by atoms with Gasteiger partial charge in [0.25, 0.3) is 0 Å². The lowest BCUT2D eigenvalue weighted by Gasteiger charge is -2.16. The van der Waals surface area contributed by atoms with Crippen LogP contribution in [0.4, 0.5) is 0 Å². The van der Waals surface area contributed by atoms with E-state index >= 15 is 0 Å². The van der Waals surface area contributed by atoms with Crippen molar-refractivity contribution in [3.05, 3.63) is 34.9 Å². The Balaban J connectivity index is 0.00000102. The Kier molecular flexibility index (Phi) is 9.70. The van der Waals surface area contributed by atoms with Crippen LogP contribution in [0.15, 0.2) is 18.2 Å². The molecule has 2 rings (SSSR count). The van der Waals surface area contributed by atoms with Crippen LogP contribution < -0.4 is 0 Å². The molecule has 1 fully saturated rings. The van der Waals surface area contributed by atoms with Crippen LogP contribution in [-0.4, -0.2) is 35.9 Å². The summed E-state index contributed by atoms with van der Waals surface area (Å²) in [6.45, 7) is 5.93. The molecule has 0 spiro atoms. The average Bonchev–Trinajstić information content (AvgIpc) is 2.75. The summed E-state index contributed by atoms with van der Waals surface area (Å²) < 4.78 is 0. The maximum absolute atomic E-state index is 11.1. The zero-order valence-electron chi connectivity index (χ0n) is 13.0. The number of rotatable bonds is 2. The van der Waals surface area contributed by atoms with Crippen LogP contribution in [0.5, 0.6) is 0 Å². The molecular formula is C17H24O5. The molecule has 0 saturated heterocycles. The minimum Gasteiger partial charge on any atom is -0.478 e. The van der Waals surface area contributed by atoms with Crippen molar-refractivity contribution < 1.29 is 24.6 Å². The normalized spacial score (nSPS) is 20.5. The number of carboxylic acids is 1. The summed E-state index contributed by atoms with van der Waals surface area (Å²) in [5.74, 6) is -0.478. The predicted molar refractivity (Wildman–Crippen MR) is 84.2 cm³/mol. The number of carbonyl (C=O) groups is 3. The van der Waals surface area contributed by atoms with Gasteiger partial charge in [-0.25, -0.2) is 4.79 Å². The molecular weight excluding hydrogens is 284 g/mol. The lowest BCUT2D eigenvalue weighted by atomic mass is 9.89. The third-order valence-corrected chi connectivity index (χ3v) is 3.76. The third-order valence-electron chi connectivity index (χ3n) is 3.76. The minimum atomic E-state index is -0.867. The molecule has 2 atom stereocenters. The summed E-state index contributed by atoms with van der Waals surface area (Å²) in [7, 11) is 0. The summed E-state index contributed by atoms with van der Waals surface area (Å²) in [5, 5.41) is 18.7. The summed E-state index contributed by atoms with van der Waals surface area (Å²) in [6, 6.07) is 5.57. The number of carboxylic acid groups (broad SMARTS) is 1. The van der Waals surface area contributed by atoms with Gasteiger partial charge in [-0.1, -0.05) is 12.5 Å². The van der Waals surface area contributed by atoms with Gasteiger partial charge in [-0.15, -0.1) is 0 Å². The number of aliphatic hydroxyl groups is 1.